The molecule has 0 saturated carbocycles. The Kier molecular flexibility index (Phi) is 6.57. The molecular formula is C25H24N2O3S. The topological polar surface area (TPSA) is 58.6 Å². The Hall–Kier alpha value is -3.25. The van der Waals surface area contributed by atoms with E-state index in [2.05, 4.69) is 5.32 Å². The number of ether oxygens (including phenoxy) is 1. The molecule has 1 N–H and O–H groups in total. The fourth-order valence-electron chi connectivity index (χ4n) is 3.55. The van der Waals surface area contributed by atoms with Gasteiger partial charge in [0, 0.05) is 23.1 Å². The van der Waals surface area contributed by atoms with Crippen LogP contribution in [-0.4, -0.2) is 25.5 Å². The Morgan fingerprint density at radius 3 is 2.48 bits per heavy atom. The lowest BCUT2D eigenvalue weighted by Crippen LogP contribution is -2.40. The molecule has 0 bridgehead atoms. The van der Waals surface area contributed by atoms with E-state index in [1.165, 1.54) is 0 Å². The molecule has 0 radical (unpaired) electrons. The number of carbonyl (C=O) groups is 2. The van der Waals surface area contributed by atoms with Crippen LogP contribution in [0.3, 0.4) is 0 Å². The summed E-state index contributed by atoms with van der Waals surface area (Å²) in [5.74, 6) is 0.541. The number of hydrogen-bond acceptors (Lipinski definition) is 4. The second-order valence-corrected chi connectivity index (χ2v) is 8.54. The SMILES string of the molecule is COc1ccc(C2CC(=O)N(CC(=O)NCc3ccccc3)c3ccccc3S2)cc1. The van der Waals surface area contributed by atoms with Gasteiger partial charge in [-0.2, -0.15) is 0 Å². The molecule has 3 aromatic carbocycles. The standard InChI is InChI=1S/C25H24N2O3S/c1-30-20-13-11-19(12-14-20)23-15-25(29)27(21-9-5-6-10-22(21)31-23)17-24(28)26-16-18-7-3-2-4-8-18/h2-14,23H,15-17H2,1H3,(H,26,28). The van der Waals surface area contributed by atoms with Crippen molar-refractivity contribution in [2.45, 2.75) is 23.1 Å². The van der Waals surface area contributed by atoms with Crippen molar-refractivity contribution in [2.24, 2.45) is 0 Å². The summed E-state index contributed by atoms with van der Waals surface area (Å²) in [7, 11) is 1.63. The highest BCUT2D eigenvalue weighted by molar-refractivity contribution is 7.99. The van der Waals surface area contributed by atoms with Crippen molar-refractivity contribution in [2.75, 3.05) is 18.6 Å². The monoisotopic (exact) mass is 432 g/mol. The van der Waals surface area contributed by atoms with Crippen LogP contribution in [0.4, 0.5) is 5.69 Å². The first-order chi connectivity index (χ1) is 15.1. The Balaban J connectivity index is 1.52. The fourth-order valence-corrected chi connectivity index (χ4v) is 4.83. The number of carbonyl (C=O) groups excluding carboxylic acids is 2. The molecule has 1 aliphatic heterocycles. The van der Waals surface area contributed by atoms with Crippen molar-refractivity contribution in [3.8, 4) is 5.75 Å². The quantitative estimate of drug-likeness (QED) is 0.619. The highest BCUT2D eigenvalue weighted by Crippen LogP contribution is 2.45. The molecule has 0 aromatic heterocycles. The average Bonchev–Trinajstić information content (AvgIpc) is 2.95. The predicted molar refractivity (Wildman–Crippen MR) is 123 cm³/mol. The zero-order chi connectivity index (χ0) is 21.6. The number of methoxy groups -OCH3 is 1. The lowest BCUT2D eigenvalue weighted by Gasteiger charge is -2.22. The molecule has 3 aromatic rings. The van der Waals surface area contributed by atoms with Gasteiger partial charge in [-0.1, -0.05) is 54.6 Å². The van der Waals surface area contributed by atoms with E-state index in [0.29, 0.717) is 13.0 Å². The maximum atomic E-state index is 13.2. The number of benzene rings is 3. The molecule has 0 fully saturated rings. The van der Waals surface area contributed by atoms with Gasteiger partial charge < -0.3 is 15.0 Å². The number of anilines is 1. The lowest BCUT2D eigenvalue weighted by atomic mass is 10.1. The van der Waals surface area contributed by atoms with E-state index in [0.717, 1.165) is 27.5 Å². The second kappa shape index (κ2) is 9.71. The lowest BCUT2D eigenvalue weighted by molar-refractivity contribution is -0.124. The number of amides is 2. The van der Waals surface area contributed by atoms with Crippen LogP contribution in [0.15, 0.2) is 83.8 Å². The van der Waals surface area contributed by atoms with Crippen LogP contribution >= 0.6 is 11.8 Å². The van der Waals surface area contributed by atoms with Crippen LogP contribution in [0.5, 0.6) is 5.75 Å². The van der Waals surface area contributed by atoms with Gasteiger partial charge in [-0.15, -0.1) is 11.8 Å². The van der Waals surface area contributed by atoms with Gasteiger partial charge in [-0.3, -0.25) is 9.59 Å². The summed E-state index contributed by atoms with van der Waals surface area (Å²) in [6.45, 7) is 0.436. The van der Waals surface area contributed by atoms with Gasteiger partial charge in [0.15, 0.2) is 0 Å². The molecule has 2 amide bonds. The van der Waals surface area contributed by atoms with Crippen LogP contribution in [0.2, 0.25) is 0 Å². The minimum Gasteiger partial charge on any atom is -0.497 e. The Bertz CT molecular complexity index is 1050. The number of para-hydroxylation sites is 1. The largest absolute Gasteiger partial charge is 0.497 e. The Morgan fingerprint density at radius 1 is 1.03 bits per heavy atom. The minimum atomic E-state index is -0.181. The number of fused-ring (bicyclic) bond motifs is 1. The number of nitrogens with one attached hydrogen (secondary N) is 1. The van der Waals surface area contributed by atoms with Crippen molar-refractivity contribution in [3.63, 3.8) is 0 Å². The van der Waals surface area contributed by atoms with Gasteiger partial charge in [0.1, 0.15) is 12.3 Å². The van der Waals surface area contributed by atoms with Crippen molar-refractivity contribution >= 4 is 29.3 Å². The molecular weight excluding hydrogens is 408 g/mol. The van der Waals surface area contributed by atoms with Crippen LogP contribution < -0.4 is 15.0 Å². The summed E-state index contributed by atoms with van der Waals surface area (Å²) in [5, 5.41) is 2.89. The number of nitrogens with zero attached hydrogens (tertiary/aromatic N) is 1. The normalized spacial score (nSPS) is 15.7. The van der Waals surface area contributed by atoms with E-state index in [1.54, 1.807) is 23.8 Å². The molecule has 6 heteroatoms. The smallest absolute Gasteiger partial charge is 0.240 e. The van der Waals surface area contributed by atoms with Crippen molar-refractivity contribution < 1.29 is 14.3 Å². The van der Waals surface area contributed by atoms with Crippen LogP contribution in [-0.2, 0) is 16.1 Å². The summed E-state index contributed by atoms with van der Waals surface area (Å²) in [5.41, 5.74) is 2.86. The molecule has 0 saturated heterocycles. The van der Waals surface area contributed by atoms with E-state index in [-0.39, 0.29) is 23.6 Å². The Morgan fingerprint density at radius 2 is 1.74 bits per heavy atom. The van der Waals surface area contributed by atoms with E-state index < -0.39 is 0 Å². The number of rotatable bonds is 6. The van der Waals surface area contributed by atoms with Gasteiger partial charge >= 0.3 is 0 Å². The van der Waals surface area contributed by atoms with Crippen molar-refractivity contribution in [1.82, 2.24) is 5.32 Å². The van der Waals surface area contributed by atoms with Gasteiger partial charge in [0.05, 0.1) is 12.8 Å². The number of hydrogen-bond donors (Lipinski definition) is 1. The molecule has 4 rings (SSSR count). The minimum absolute atomic E-state index is 0.00142. The highest BCUT2D eigenvalue weighted by Gasteiger charge is 2.30. The highest BCUT2D eigenvalue weighted by atomic mass is 32.2. The van der Waals surface area contributed by atoms with Gasteiger partial charge in [0.25, 0.3) is 0 Å². The first-order valence-electron chi connectivity index (χ1n) is 10.1. The van der Waals surface area contributed by atoms with Gasteiger partial charge in [-0.05, 0) is 35.4 Å². The maximum Gasteiger partial charge on any atom is 0.240 e. The summed E-state index contributed by atoms with van der Waals surface area (Å²) < 4.78 is 5.25. The third-order valence-electron chi connectivity index (χ3n) is 5.21. The van der Waals surface area contributed by atoms with E-state index in [9.17, 15) is 9.59 Å². The Labute approximate surface area is 186 Å². The van der Waals surface area contributed by atoms with E-state index >= 15 is 0 Å². The summed E-state index contributed by atoms with van der Waals surface area (Å²) in [4.78, 5) is 28.4. The zero-order valence-electron chi connectivity index (χ0n) is 17.3. The molecule has 31 heavy (non-hydrogen) atoms. The third-order valence-corrected chi connectivity index (χ3v) is 6.53. The van der Waals surface area contributed by atoms with Crippen molar-refractivity contribution in [3.05, 3.63) is 90.0 Å². The van der Waals surface area contributed by atoms with Gasteiger partial charge in [0.2, 0.25) is 11.8 Å². The van der Waals surface area contributed by atoms with Crippen molar-refractivity contribution in [1.29, 1.82) is 0 Å². The van der Waals surface area contributed by atoms with Crippen LogP contribution in [0, 0.1) is 0 Å². The molecule has 0 spiro atoms. The summed E-state index contributed by atoms with van der Waals surface area (Å²) >= 11 is 1.65. The molecule has 0 aliphatic carbocycles. The maximum absolute atomic E-state index is 13.2. The molecule has 1 atom stereocenters. The zero-order valence-corrected chi connectivity index (χ0v) is 18.1. The predicted octanol–water partition coefficient (Wildman–Crippen LogP) is 4.58. The number of thioether (sulfide) groups is 1. The van der Waals surface area contributed by atoms with Gasteiger partial charge in [-0.25, -0.2) is 0 Å². The molecule has 1 heterocycles. The summed E-state index contributed by atoms with van der Waals surface area (Å²) in [6, 6.07) is 25.3. The molecule has 1 aliphatic rings. The third kappa shape index (κ3) is 5.09. The molecule has 1 unspecified atom stereocenters. The average molecular weight is 433 g/mol. The van der Waals surface area contributed by atoms with E-state index in [4.69, 9.17) is 4.74 Å². The first-order valence-corrected chi connectivity index (χ1v) is 11.0. The molecule has 158 valence electrons. The summed E-state index contributed by atoms with van der Waals surface area (Å²) in [6.07, 6.45) is 0.317. The van der Waals surface area contributed by atoms with E-state index in [1.807, 2.05) is 78.9 Å². The molecule has 5 nitrogen and oxygen atoms in total. The first kappa shape index (κ1) is 21.0. The van der Waals surface area contributed by atoms with Crippen LogP contribution in [0.25, 0.3) is 0 Å². The second-order valence-electron chi connectivity index (χ2n) is 7.29. The fraction of sp³-hybridized carbons (Fsp3) is 0.200. The van der Waals surface area contributed by atoms with Crippen LogP contribution in [0.1, 0.15) is 22.8 Å².